The van der Waals surface area contributed by atoms with Gasteiger partial charge >= 0.3 is 0 Å². The standard InChI is InChI=1S/C16H19N3O3S/c1-10-7-13(22-12-3-5-21-6-4-12)8-14(17-10)15(20)19-16-18-11(2)9-23-16/h7-9,12H,3-6H2,1-2H3,(H,18,19,20). The molecule has 122 valence electrons. The first-order valence-electron chi connectivity index (χ1n) is 7.57. The zero-order chi connectivity index (χ0) is 16.2. The lowest BCUT2D eigenvalue weighted by Gasteiger charge is -2.23. The molecule has 2 aromatic heterocycles. The molecule has 2 aromatic rings. The molecule has 6 nitrogen and oxygen atoms in total. The van der Waals surface area contributed by atoms with Crippen LogP contribution in [0.5, 0.6) is 5.75 Å². The summed E-state index contributed by atoms with van der Waals surface area (Å²) in [5, 5.41) is 5.23. The topological polar surface area (TPSA) is 73.3 Å². The molecule has 0 unspecified atom stereocenters. The van der Waals surface area contributed by atoms with Crippen LogP contribution in [0.15, 0.2) is 17.5 Å². The van der Waals surface area contributed by atoms with Crippen LogP contribution in [0.1, 0.15) is 34.7 Å². The van der Waals surface area contributed by atoms with Gasteiger partial charge in [-0.2, -0.15) is 0 Å². The Morgan fingerprint density at radius 3 is 2.74 bits per heavy atom. The van der Waals surface area contributed by atoms with Crippen molar-refractivity contribution in [1.29, 1.82) is 0 Å². The van der Waals surface area contributed by atoms with E-state index in [9.17, 15) is 4.79 Å². The van der Waals surface area contributed by atoms with Crippen molar-refractivity contribution < 1.29 is 14.3 Å². The third-order valence-electron chi connectivity index (χ3n) is 3.47. The lowest BCUT2D eigenvalue weighted by Crippen LogP contribution is -2.26. The van der Waals surface area contributed by atoms with Gasteiger partial charge in [-0.05, 0) is 13.8 Å². The van der Waals surface area contributed by atoms with Gasteiger partial charge in [-0.3, -0.25) is 10.1 Å². The third kappa shape index (κ3) is 4.27. The highest BCUT2D eigenvalue weighted by molar-refractivity contribution is 7.13. The molecule has 0 atom stereocenters. The molecule has 23 heavy (non-hydrogen) atoms. The molecule has 0 spiro atoms. The number of ether oxygens (including phenoxy) is 2. The molecule has 1 N–H and O–H groups in total. The van der Waals surface area contributed by atoms with Crippen molar-refractivity contribution >= 4 is 22.4 Å². The molecule has 0 radical (unpaired) electrons. The Bertz CT molecular complexity index is 696. The van der Waals surface area contributed by atoms with E-state index in [0.717, 1.165) is 24.2 Å². The van der Waals surface area contributed by atoms with Gasteiger partial charge < -0.3 is 9.47 Å². The van der Waals surface area contributed by atoms with Crippen LogP contribution in [0.25, 0.3) is 0 Å². The lowest BCUT2D eigenvalue weighted by molar-refractivity contribution is 0.0255. The van der Waals surface area contributed by atoms with Gasteiger partial charge in [0, 0.05) is 36.0 Å². The second-order valence-electron chi connectivity index (χ2n) is 5.51. The predicted molar refractivity (Wildman–Crippen MR) is 88.2 cm³/mol. The molecule has 1 aliphatic rings. The smallest absolute Gasteiger partial charge is 0.276 e. The summed E-state index contributed by atoms with van der Waals surface area (Å²) in [5.74, 6) is 0.393. The van der Waals surface area contributed by atoms with Gasteiger partial charge in [0.25, 0.3) is 5.91 Å². The fourth-order valence-electron chi connectivity index (χ4n) is 2.38. The zero-order valence-electron chi connectivity index (χ0n) is 13.2. The molecule has 0 aromatic carbocycles. The number of hydrogen-bond donors (Lipinski definition) is 1. The number of aryl methyl sites for hydroxylation is 2. The van der Waals surface area contributed by atoms with Crippen LogP contribution < -0.4 is 10.1 Å². The van der Waals surface area contributed by atoms with Crippen LogP contribution in [-0.4, -0.2) is 35.2 Å². The number of nitrogens with one attached hydrogen (secondary N) is 1. The Labute approximate surface area is 138 Å². The summed E-state index contributed by atoms with van der Waals surface area (Å²) in [5.41, 5.74) is 1.96. The molecule has 1 aliphatic heterocycles. The number of carbonyl (C=O) groups excluding carboxylic acids is 1. The average molecular weight is 333 g/mol. The van der Waals surface area contributed by atoms with Crippen LogP contribution in [0.2, 0.25) is 0 Å². The van der Waals surface area contributed by atoms with Crippen molar-refractivity contribution in [3.8, 4) is 5.75 Å². The number of thiazole rings is 1. The molecule has 1 amide bonds. The van der Waals surface area contributed by atoms with Crippen LogP contribution in [0.4, 0.5) is 5.13 Å². The number of aromatic nitrogens is 2. The molecule has 3 rings (SSSR count). The van der Waals surface area contributed by atoms with E-state index in [1.54, 1.807) is 6.07 Å². The summed E-state index contributed by atoms with van der Waals surface area (Å²) < 4.78 is 11.3. The number of carbonyl (C=O) groups is 1. The van der Waals surface area contributed by atoms with E-state index in [4.69, 9.17) is 9.47 Å². The van der Waals surface area contributed by atoms with Gasteiger partial charge in [0.1, 0.15) is 17.5 Å². The summed E-state index contributed by atoms with van der Waals surface area (Å²) in [4.78, 5) is 20.9. The highest BCUT2D eigenvalue weighted by Crippen LogP contribution is 2.21. The second-order valence-corrected chi connectivity index (χ2v) is 6.37. The van der Waals surface area contributed by atoms with Gasteiger partial charge in [0.2, 0.25) is 0 Å². The van der Waals surface area contributed by atoms with Crippen molar-refractivity contribution in [1.82, 2.24) is 9.97 Å². The quantitative estimate of drug-likeness (QED) is 0.931. The SMILES string of the molecule is Cc1cc(OC2CCOCC2)cc(C(=O)Nc2nc(C)cs2)n1. The minimum atomic E-state index is -0.278. The van der Waals surface area contributed by atoms with Crippen LogP contribution in [-0.2, 0) is 4.74 Å². The zero-order valence-corrected chi connectivity index (χ0v) is 14.0. The fourth-order valence-corrected chi connectivity index (χ4v) is 3.06. The number of rotatable bonds is 4. The van der Waals surface area contributed by atoms with E-state index in [0.29, 0.717) is 29.8 Å². The Hall–Kier alpha value is -1.99. The van der Waals surface area contributed by atoms with Crippen LogP contribution in [0.3, 0.4) is 0 Å². The van der Waals surface area contributed by atoms with Crippen molar-refractivity contribution in [3.05, 3.63) is 34.6 Å². The first-order chi connectivity index (χ1) is 11.1. The van der Waals surface area contributed by atoms with E-state index in [1.807, 2.05) is 25.3 Å². The minimum absolute atomic E-state index is 0.128. The molecular formula is C16H19N3O3S. The molecule has 0 bridgehead atoms. The first-order valence-corrected chi connectivity index (χ1v) is 8.45. The third-order valence-corrected chi connectivity index (χ3v) is 4.35. The van der Waals surface area contributed by atoms with E-state index >= 15 is 0 Å². The summed E-state index contributed by atoms with van der Waals surface area (Å²) in [6.07, 6.45) is 1.85. The van der Waals surface area contributed by atoms with Gasteiger partial charge in [-0.25, -0.2) is 9.97 Å². The molecule has 7 heteroatoms. The van der Waals surface area contributed by atoms with Crippen LogP contribution in [0, 0.1) is 13.8 Å². The van der Waals surface area contributed by atoms with Gasteiger partial charge in [-0.15, -0.1) is 11.3 Å². The largest absolute Gasteiger partial charge is 0.490 e. The van der Waals surface area contributed by atoms with Crippen molar-refractivity contribution in [2.24, 2.45) is 0 Å². The Kier molecular flexibility index (Phi) is 4.88. The second kappa shape index (κ2) is 7.06. The van der Waals surface area contributed by atoms with Gasteiger partial charge in [0.05, 0.1) is 18.9 Å². The molecule has 0 aliphatic carbocycles. The van der Waals surface area contributed by atoms with Crippen molar-refractivity contribution in [3.63, 3.8) is 0 Å². The maximum Gasteiger partial charge on any atom is 0.276 e. The van der Waals surface area contributed by atoms with E-state index in [1.165, 1.54) is 11.3 Å². The predicted octanol–water partition coefficient (Wildman–Crippen LogP) is 2.97. The maximum atomic E-state index is 12.3. The molecule has 3 heterocycles. The monoisotopic (exact) mass is 333 g/mol. The van der Waals surface area contributed by atoms with Gasteiger partial charge in [-0.1, -0.05) is 0 Å². The Morgan fingerprint density at radius 2 is 2.04 bits per heavy atom. The number of nitrogens with zero attached hydrogens (tertiary/aromatic N) is 2. The average Bonchev–Trinajstić information content (AvgIpc) is 2.93. The maximum absolute atomic E-state index is 12.3. The summed E-state index contributed by atoms with van der Waals surface area (Å²) in [6.45, 7) is 5.16. The summed E-state index contributed by atoms with van der Waals surface area (Å²) in [6, 6.07) is 3.53. The van der Waals surface area contributed by atoms with Gasteiger partial charge in [0.15, 0.2) is 5.13 Å². The lowest BCUT2D eigenvalue weighted by atomic mass is 10.1. The number of anilines is 1. The number of pyridine rings is 1. The highest BCUT2D eigenvalue weighted by atomic mass is 32.1. The number of amides is 1. The van der Waals surface area contributed by atoms with Crippen LogP contribution >= 0.6 is 11.3 Å². The highest BCUT2D eigenvalue weighted by Gasteiger charge is 2.17. The minimum Gasteiger partial charge on any atom is -0.490 e. The summed E-state index contributed by atoms with van der Waals surface area (Å²) in [7, 11) is 0. The van der Waals surface area contributed by atoms with E-state index < -0.39 is 0 Å². The first kappa shape index (κ1) is 15.9. The Balaban J connectivity index is 1.72. The molecule has 1 saturated heterocycles. The molecule has 1 fully saturated rings. The number of hydrogen-bond acceptors (Lipinski definition) is 6. The fraction of sp³-hybridized carbons (Fsp3) is 0.438. The summed E-state index contributed by atoms with van der Waals surface area (Å²) >= 11 is 1.39. The van der Waals surface area contributed by atoms with E-state index in [2.05, 4.69) is 15.3 Å². The van der Waals surface area contributed by atoms with E-state index in [-0.39, 0.29) is 12.0 Å². The van der Waals surface area contributed by atoms with Crippen molar-refractivity contribution in [2.75, 3.05) is 18.5 Å². The molecular weight excluding hydrogens is 314 g/mol. The van der Waals surface area contributed by atoms with Crippen molar-refractivity contribution in [2.45, 2.75) is 32.8 Å². The normalized spacial score (nSPS) is 15.4. The Morgan fingerprint density at radius 1 is 1.26 bits per heavy atom. The molecule has 0 saturated carbocycles.